The topological polar surface area (TPSA) is 129 Å². The van der Waals surface area contributed by atoms with Crippen LogP contribution in [0.25, 0.3) is 0 Å². The van der Waals surface area contributed by atoms with E-state index in [2.05, 4.69) is 35.6 Å². The Morgan fingerprint density at radius 2 is 0.755 bits per heavy atom. The molecule has 0 spiro atoms. The van der Waals surface area contributed by atoms with Gasteiger partial charge in [0.15, 0.2) is 0 Å². The first kappa shape index (κ1) is 48.9. The largest absolute Gasteiger partial charge is 0.281 e. The molecule has 292 valence electrons. The van der Waals surface area contributed by atoms with Crippen molar-refractivity contribution in [2.75, 3.05) is 28.2 Å². The number of amides is 4. The quantitative estimate of drug-likeness (QED) is 0.153. The van der Waals surface area contributed by atoms with Crippen LogP contribution in [-0.2, 0) is 19.2 Å². The van der Waals surface area contributed by atoms with Crippen molar-refractivity contribution in [2.24, 2.45) is 10.8 Å². The number of carbonyl (C=O) groups is 4. The van der Waals surface area contributed by atoms with Crippen molar-refractivity contribution in [3.05, 3.63) is 71.8 Å². The molecule has 0 heterocycles. The third-order valence-electron chi connectivity index (χ3n) is 8.10. The highest BCUT2D eigenvalue weighted by Gasteiger charge is 2.44. The molecule has 12 nitrogen and oxygen atoms in total. The lowest BCUT2D eigenvalue weighted by atomic mass is 10.1. The first-order chi connectivity index (χ1) is 23.5. The summed E-state index contributed by atoms with van der Waals surface area (Å²) in [6.45, 7) is 4.14. The molecule has 2 aliphatic rings. The summed E-state index contributed by atoms with van der Waals surface area (Å²) in [4.78, 5) is 50.4. The van der Waals surface area contributed by atoms with Gasteiger partial charge in [-0.1, -0.05) is 146 Å². The zero-order valence-electron chi connectivity index (χ0n) is 29.1. The Kier molecular flexibility index (Phi) is 19.9. The molecule has 2 aromatic carbocycles. The van der Waals surface area contributed by atoms with Crippen LogP contribution in [0.5, 0.6) is 0 Å². The molecule has 4 rings (SSSR count). The van der Waals surface area contributed by atoms with Crippen LogP contribution in [0.1, 0.15) is 85.8 Å². The van der Waals surface area contributed by atoms with Gasteiger partial charge in [0.2, 0.25) is 23.6 Å². The van der Waals surface area contributed by atoms with E-state index in [1.54, 1.807) is 28.2 Å². The minimum absolute atomic E-state index is 0. The lowest BCUT2D eigenvalue weighted by Crippen LogP contribution is -2.49. The number of nitrogens with zero attached hydrogens (tertiary/aromatic N) is 4. The van der Waals surface area contributed by atoms with Gasteiger partial charge in [-0.3, -0.25) is 60.9 Å². The van der Waals surface area contributed by atoms with Crippen molar-refractivity contribution >= 4 is 92.5 Å². The molecule has 16 heteroatoms. The van der Waals surface area contributed by atoms with Crippen LogP contribution in [-0.4, -0.2) is 91.8 Å². The summed E-state index contributed by atoms with van der Waals surface area (Å²) in [5, 5.41) is 5.91. The second kappa shape index (κ2) is 21.5. The van der Waals surface area contributed by atoms with Crippen LogP contribution < -0.4 is 21.7 Å². The number of hydrazine groups is 4. The van der Waals surface area contributed by atoms with Gasteiger partial charge in [0.05, 0.1) is 0 Å². The van der Waals surface area contributed by atoms with E-state index in [1.165, 1.54) is 20.0 Å². The van der Waals surface area contributed by atoms with E-state index >= 15 is 0 Å². The Balaban J connectivity index is 0.000000976. The Hall–Kier alpha value is -4.12. The van der Waals surface area contributed by atoms with E-state index in [9.17, 15) is 19.2 Å². The molecule has 0 atom stereocenters. The van der Waals surface area contributed by atoms with Crippen molar-refractivity contribution in [1.29, 1.82) is 0 Å². The van der Waals surface area contributed by atoms with Crippen LogP contribution in [0.4, 0.5) is 0 Å². The highest BCUT2D eigenvalue weighted by atomic mass is 32.1. The van der Waals surface area contributed by atoms with Gasteiger partial charge in [-0.2, -0.15) is 0 Å². The molecule has 2 fully saturated rings. The Bertz CT molecular complexity index is 1500. The van der Waals surface area contributed by atoms with Crippen molar-refractivity contribution in [3.63, 3.8) is 0 Å². The van der Waals surface area contributed by atoms with E-state index in [1.807, 2.05) is 60.7 Å². The van der Waals surface area contributed by atoms with Crippen LogP contribution >= 0.6 is 48.9 Å². The molecule has 53 heavy (non-hydrogen) atoms. The van der Waals surface area contributed by atoms with Gasteiger partial charge in [0, 0.05) is 50.1 Å². The van der Waals surface area contributed by atoms with Gasteiger partial charge in [-0.05, 0) is 25.7 Å². The Morgan fingerprint density at radius 3 is 1.00 bits per heavy atom. The molecule has 4 N–H and O–H groups in total. The summed E-state index contributed by atoms with van der Waals surface area (Å²) in [6, 6.07) is 18.6. The van der Waals surface area contributed by atoms with Crippen LogP contribution in [0, 0.1) is 10.8 Å². The maximum Gasteiger partial charge on any atom is 0.248 e. The monoisotopic (exact) mass is 804 g/mol. The molecule has 2 saturated carbocycles. The second-order valence-corrected chi connectivity index (χ2v) is 14.4. The van der Waals surface area contributed by atoms with E-state index in [0.29, 0.717) is 20.0 Å². The molecule has 0 aliphatic heterocycles. The average molecular weight is 805 g/mol. The smallest absolute Gasteiger partial charge is 0.248 e. The van der Waals surface area contributed by atoms with E-state index < -0.39 is 23.6 Å². The van der Waals surface area contributed by atoms with Crippen molar-refractivity contribution < 1.29 is 19.2 Å². The summed E-state index contributed by atoms with van der Waals surface area (Å²) in [5.74, 6) is -1.75. The first-order valence-corrected chi connectivity index (χ1v) is 17.5. The van der Waals surface area contributed by atoms with Crippen LogP contribution in [0.2, 0.25) is 0 Å². The summed E-state index contributed by atoms with van der Waals surface area (Å²) in [5.41, 5.74) is 12.1. The lowest BCUT2D eigenvalue weighted by Gasteiger charge is -2.26. The molecule has 4 amide bonds. The molecule has 0 aromatic heterocycles. The van der Waals surface area contributed by atoms with E-state index in [4.69, 9.17) is 48.9 Å². The van der Waals surface area contributed by atoms with E-state index in [0.717, 1.165) is 36.8 Å². The van der Waals surface area contributed by atoms with Crippen molar-refractivity contribution in [2.45, 2.75) is 74.7 Å². The maximum absolute atomic E-state index is 12.1. The predicted octanol–water partition coefficient (Wildman–Crippen LogP) is 5.52. The SMILES string of the molecule is C.C.C.CN(NC(=O)CC(=O)NN(C)C(=S)C1(C)CC1)C(=S)C1(C)CC1.CN(NC(=O)CC(=O)NN(C)C(=S)c1ccccc1)C(=S)c1ccccc1. The van der Waals surface area contributed by atoms with Gasteiger partial charge >= 0.3 is 0 Å². The zero-order valence-corrected chi connectivity index (χ0v) is 32.3. The van der Waals surface area contributed by atoms with Crippen LogP contribution in [0.3, 0.4) is 0 Å². The highest BCUT2D eigenvalue weighted by molar-refractivity contribution is 7.81. The molecule has 2 aliphatic carbocycles. The molecule has 0 radical (unpaired) electrons. The lowest BCUT2D eigenvalue weighted by molar-refractivity contribution is -0.134. The minimum atomic E-state index is -0.479. The predicted molar refractivity (Wildman–Crippen MR) is 229 cm³/mol. The zero-order chi connectivity index (χ0) is 37.2. The fraction of sp³-hybridized carbons (Fsp3) is 0.459. The van der Waals surface area contributed by atoms with Gasteiger partial charge in [0.25, 0.3) is 0 Å². The molecular formula is C37H56N8O4S4. The Labute approximate surface area is 337 Å². The number of carbonyl (C=O) groups excluding carboxylic acids is 4. The first-order valence-electron chi connectivity index (χ1n) is 15.9. The summed E-state index contributed by atoms with van der Waals surface area (Å²) in [6.07, 6.45) is 3.51. The number of benzene rings is 2. The molecular weight excluding hydrogens is 749 g/mol. The fourth-order valence-corrected chi connectivity index (χ4v) is 5.43. The highest BCUT2D eigenvalue weighted by Crippen LogP contribution is 2.47. The van der Waals surface area contributed by atoms with Gasteiger partial charge in [0.1, 0.15) is 32.8 Å². The maximum atomic E-state index is 12.1. The summed E-state index contributed by atoms with van der Waals surface area (Å²) >= 11 is 21.3. The van der Waals surface area contributed by atoms with Gasteiger partial charge in [-0.25, -0.2) is 0 Å². The van der Waals surface area contributed by atoms with E-state index in [-0.39, 0.29) is 46.0 Å². The minimum Gasteiger partial charge on any atom is -0.281 e. The molecule has 2 aromatic rings. The summed E-state index contributed by atoms with van der Waals surface area (Å²) < 4.78 is 0. The average Bonchev–Trinajstić information content (AvgIpc) is 4.02. The molecule has 0 bridgehead atoms. The van der Waals surface area contributed by atoms with Crippen molar-refractivity contribution in [3.8, 4) is 0 Å². The number of thiocarbonyl (C=S) groups is 4. The number of hydrogen-bond donors (Lipinski definition) is 4. The van der Waals surface area contributed by atoms with Crippen molar-refractivity contribution in [1.82, 2.24) is 41.7 Å². The van der Waals surface area contributed by atoms with Gasteiger partial charge in [-0.15, -0.1) is 0 Å². The fourth-order valence-electron chi connectivity index (χ4n) is 4.56. The van der Waals surface area contributed by atoms with Gasteiger partial charge < -0.3 is 0 Å². The standard InChI is InChI=1S/C19H20N4O2S2.C15H24N4O2S2.3CH4/c1-22(18(26)14-9-5-3-6-10-14)20-16(24)13-17(25)21-23(2)19(27)15-11-7-4-8-12-15;1-14(5-6-14)12(22)18(3)16-10(20)9-11(21)17-19(4)13(23)15(2)7-8-15;;;/h3-12H,13H2,1-2H3,(H,20,24)(H,21,25);5-9H2,1-4H3,(H,16,20)(H,17,21);3*1H4. The normalized spacial score (nSPS) is 13.4. The third-order valence-corrected chi connectivity index (χ3v) is 10.7. The van der Waals surface area contributed by atoms with Crippen LogP contribution in [0.15, 0.2) is 60.7 Å². The second-order valence-electron chi connectivity index (χ2n) is 12.8. The number of nitrogens with one attached hydrogen (secondary N) is 4. The third kappa shape index (κ3) is 15.0. The summed E-state index contributed by atoms with van der Waals surface area (Å²) in [7, 11) is 6.66. The number of hydrogen-bond acceptors (Lipinski definition) is 8. The molecule has 0 unspecified atom stereocenters. The Morgan fingerprint density at radius 1 is 0.509 bits per heavy atom. The number of rotatable bonds is 8. The molecule has 0 saturated heterocycles.